The second kappa shape index (κ2) is 16.6. The number of allylic oxidation sites excluding steroid dienone is 6. The fraction of sp³-hybridized carbons (Fsp3) is 0.333. The van der Waals surface area contributed by atoms with Gasteiger partial charge in [0.2, 0.25) is 0 Å². The molecule has 0 saturated carbocycles. The highest BCUT2D eigenvalue weighted by Gasteiger charge is 1.95. The van der Waals surface area contributed by atoms with Crippen molar-refractivity contribution in [1.29, 1.82) is 0 Å². The molecule has 2 heterocycles. The van der Waals surface area contributed by atoms with Gasteiger partial charge in [-0.15, -0.1) is 0 Å². The summed E-state index contributed by atoms with van der Waals surface area (Å²) in [5.74, 6) is 0. The molecule has 0 aliphatic carbocycles. The molecule has 2 rings (SSSR count). The maximum Gasteiger partial charge on any atom is 0.0600 e. The Labute approximate surface area is 146 Å². The first-order valence-electron chi connectivity index (χ1n) is 7.85. The van der Waals surface area contributed by atoms with Crippen LogP contribution >= 0.6 is 0 Å². The van der Waals surface area contributed by atoms with Gasteiger partial charge in [-0.2, -0.15) is 10.2 Å². The van der Waals surface area contributed by atoms with Crippen molar-refractivity contribution in [2.45, 2.75) is 34.6 Å². The molecule has 134 valence electrons. The van der Waals surface area contributed by atoms with E-state index in [0.717, 1.165) is 11.4 Å². The third kappa shape index (κ3) is 15.6. The van der Waals surface area contributed by atoms with Gasteiger partial charge in [0.15, 0.2) is 0 Å². The minimum atomic E-state index is 0.765. The largest absolute Gasteiger partial charge is 0.405 e. The highest BCUT2D eigenvalue weighted by molar-refractivity contribution is 5.12. The third-order valence-electron chi connectivity index (χ3n) is 2.41. The van der Waals surface area contributed by atoms with Crippen molar-refractivity contribution in [3.05, 3.63) is 72.1 Å². The molecule has 0 unspecified atom stereocenters. The van der Waals surface area contributed by atoms with Crippen LogP contribution in [0, 0.1) is 6.92 Å². The van der Waals surface area contributed by atoms with Crippen molar-refractivity contribution >= 4 is 0 Å². The molecular formula is C18H32N6. The minimum Gasteiger partial charge on any atom is -0.405 e. The minimum absolute atomic E-state index is 0.765. The molecule has 5 N–H and O–H groups in total. The van der Waals surface area contributed by atoms with Gasteiger partial charge >= 0.3 is 0 Å². The molecule has 0 amide bonds. The van der Waals surface area contributed by atoms with E-state index >= 15 is 0 Å². The Hall–Kier alpha value is -2.76. The molecule has 1 aromatic heterocycles. The molecule has 1 aromatic rings. The molecule has 0 atom stereocenters. The Balaban J connectivity index is 0. The van der Waals surface area contributed by atoms with Gasteiger partial charge < -0.3 is 16.9 Å². The smallest absolute Gasteiger partial charge is 0.0600 e. The van der Waals surface area contributed by atoms with Crippen LogP contribution in [0.3, 0.4) is 0 Å². The summed E-state index contributed by atoms with van der Waals surface area (Å²) in [4.78, 5) is 0. The Morgan fingerprint density at radius 2 is 1.96 bits per heavy atom. The number of hydrogen-bond acceptors (Lipinski definition) is 6. The predicted octanol–water partition coefficient (Wildman–Crippen LogP) is 2.99. The number of nitrogens with two attached hydrogens (primary N) is 2. The average molecular weight is 332 g/mol. The molecule has 0 aromatic carbocycles. The molecule has 6 heteroatoms. The van der Waals surface area contributed by atoms with Crippen LogP contribution in [0.5, 0.6) is 0 Å². The lowest BCUT2D eigenvalue weighted by Crippen LogP contribution is -2.29. The molecule has 0 radical (unpaired) electrons. The quantitative estimate of drug-likeness (QED) is 0.685. The summed E-state index contributed by atoms with van der Waals surface area (Å²) in [5.41, 5.74) is 16.2. The summed E-state index contributed by atoms with van der Waals surface area (Å²) < 4.78 is 0. The first-order valence-corrected chi connectivity index (χ1v) is 7.85. The Morgan fingerprint density at radius 1 is 1.29 bits per heavy atom. The SMILES string of the molecule is C/C(N)=C/C=C\N.CC.CC1=CC=CNN1C.Cc1cccnn1. The van der Waals surface area contributed by atoms with E-state index in [4.69, 9.17) is 11.5 Å². The van der Waals surface area contributed by atoms with Crippen molar-refractivity contribution in [1.82, 2.24) is 20.6 Å². The molecule has 1 aliphatic heterocycles. The van der Waals surface area contributed by atoms with Crippen molar-refractivity contribution in [3.63, 3.8) is 0 Å². The second-order valence-corrected chi connectivity index (χ2v) is 4.52. The van der Waals surface area contributed by atoms with Crippen molar-refractivity contribution in [3.8, 4) is 0 Å². The van der Waals surface area contributed by atoms with Gasteiger partial charge in [-0.05, 0) is 63.4 Å². The highest BCUT2D eigenvalue weighted by Crippen LogP contribution is 1.99. The van der Waals surface area contributed by atoms with E-state index in [-0.39, 0.29) is 0 Å². The number of aryl methyl sites for hydroxylation is 1. The van der Waals surface area contributed by atoms with Crippen molar-refractivity contribution in [2.75, 3.05) is 7.05 Å². The van der Waals surface area contributed by atoms with Crippen LogP contribution in [-0.2, 0) is 0 Å². The number of nitrogens with one attached hydrogen (secondary N) is 1. The first kappa shape index (κ1) is 23.5. The van der Waals surface area contributed by atoms with Gasteiger partial charge in [0, 0.05) is 30.8 Å². The Kier molecular flexibility index (Phi) is 16.3. The van der Waals surface area contributed by atoms with E-state index in [1.807, 2.05) is 57.2 Å². The van der Waals surface area contributed by atoms with E-state index in [1.165, 1.54) is 11.9 Å². The highest BCUT2D eigenvalue weighted by atomic mass is 15.5. The van der Waals surface area contributed by atoms with Gasteiger partial charge in [0.05, 0.1) is 5.69 Å². The van der Waals surface area contributed by atoms with Crippen LogP contribution in [0.1, 0.15) is 33.4 Å². The monoisotopic (exact) mass is 332 g/mol. The summed E-state index contributed by atoms with van der Waals surface area (Å²) >= 11 is 0. The van der Waals surface area contributed by atoms with Gasteiger partial charge in [-0.1, -0.05) is 13.8 Å². The van der Waals surface area contributed by atoms with Gasteiger partial charge in [0.1, 0.15) is 0 Å². The molecule has 24 heavy (non-hydrogen) atoms. The molecule has 0 saturated heterocycles. The summed E-state index contributed by atoms with van der Waals surface area (Å²) in [7, 11) is 1.98. The summed E-state index contributed by atoms with van der Waals surface area (Å²) in [6, 6.07) is 3.77. The standard InChI is InChI=1S/C6H10N2.C5H6N2.C5H10N2.C2H6/c1-6-4-3-5-7-8(6)2;1-5-3-2-4-6-7-5;1-5(7)3-2-4-6;1-2/h3-5,7H,1-2H3;2-4H,1H3;2-4H,6-7H2,1H3;1-2H3/b;;4-2-,5-3-;. The number of aromatic nitrogens is 2. The number of hydrogen-bond donors (Lipinski definition) is 3. The number of nitrogens with zero attached hydrogens (tertiary/aromatic N) is 3. The van der Waals surface area contributed by atoms with Gasteiger partial charge in [0.25, 0.3) is 0 Å². The normalized spacial score (nSPS) is 12.5. The fourth-order valence-corrected chi connectivity index (χ4v) is 1.14. The molecule has 6 nitrogen and oxygen atoms in total. The molecular weight excluding hydrogens is 300 g/mol. The van der Waals surface area contributed by atoms with E-state index in [0.29, 0.717) is 0 Å². The van der Waals surface area contributed by atoms with Crippen molar-refractivity contribution < 1.29 is 0 Å². The van der Waals surface area contributed by atoms with Crippen molar-refractivity contribution in [2.24, 2.45) is 11.5 Å². The molecule has 0 bridgehead atoms. The maximum atomic E-state index is 5.23. The van der Waals surface area contributed by atoms with E-state index in [9.17, 15) is 0 Å². The zero-order valence-electron chi connectivity index (χ0n) is 15.7. The van der Waals surface area contributed by atoms with Crippen LogP contribution in [0.15, 0.2) is 66.4 Å². The lowest BCUT2D eigenvalue weighted by molar-refractivity contribution is 0.348. The van der Waals surface area contributed by atoms with Crippen LogP contribution in [0.25, 0.3) is 0 Å². The predicted molar refractivity (Wildman–Crippen MR) is 103 cm³/mol. The fourth-order valence-electron chi connectivity index (χ4n) is 1.14. The van der Waals surface area contributed by atoms with Crippen LogP contribution in [-0.4, -0.2) is 22.3 Å². The lowest BCUT2D eigenvalue weighted by Gasteiger charge is -2.21. The third-order valence-corrected chi connectivity index (χ3v) is 2.41. The Bertz CT molecular complexity index is 514. The van der Waals surface area contributed by atoms with Crippen LogP contribution in [0.4, 0.5) is 0 Å². The summed E-state index contributed by atoms with van der Waals surface area (Å²) in [6.07, 6.45) is 12.5. The van der Waals surface area contributed by atoms with E-state index in [1.54, 1.807) is 25.3 Å². The number of hydrazine groups is 1. The van der Waals surface area contributed by atoms with Gasteiger partial charge in [-0.25, -0.2) is 0 Å². The van der Waals surface area contributed by atoms with Gasteiger partial charge in [-0.3, -0.25) is 5.01 Å². The maximum absolute atomic E-state index is 5.23. The van der Waals surface area contributed by atoms with Crippen LogP contribution in [0.2, 0.25) is 0 Å². The molecule has 0 spiro atoms. The Morgan fingerprint density at radius 3 is 2.21 bits per heavy atom. The molecule has 1 aliphatic rings. The molecule has 0 fully saturated rings. The van der Waals surface area contributed by atoms with Crippen LogP contribution < -0.4 is 16.9 Å². The number of rotatable bonds is 1. The topological polar surface area (TPSA) is 93.1 Å². The summed E-state index contributed by atoms with van der Waals surface area (Å²) in [6.45, 7) is 9.77. The average Bonchev–Trinajstić information content (AvgIpc) is 2.59. The summed E-state index contributed by atoms with van der Waals surface area (Å²) in [5, 5.41) is 9.32. The zero-order chi connectivity index (χ0) is 18.8. The zero-order valence-corrected chi connectivity index (χ0v) is 15.7. The lowest BCUT2D eigenvalue weighted by atomic mass is 10.4. The van der Waals surface area contributed by atoms with E-state index < -0.39 is 0 Å². The first-order chi connectivity index (χ1) is 11.5. The van der Waals surface area contributed by atoms with E-state index in [2.05, 4.69) is 28.6 Å². The second-order valence-electron chi connectivity index (χ2n) is 4.52.